The predicted octanol–water partition coefficient (Wildman–Crippen LogP) is 2.98. The summed E-state index contributed by atoms with van der Waals surface area (Å²) in [5.41, 5.74) is 0.935. The van der Waals surface area contributed by atoms with E-state index in [2.05, 4.69) is 5.32 Å². The maximum Gasteiger partial charge on any atom is 0.243 e. The molecule has 1 N–H and O–H groups in total. The number of sulfonamides is 1. The average molecular weight is 387 g/mol. The van der Waals surface area contributed by atoms with Crippen molar-refractivity contribution in [1.29, 1.82) is 0 Å². The van der Waals surface area contributed by atoms with E-state index >= 15 is 0 Å². The van der Waals surface area contributed by atoms with E-state index in [0.29, 0.717) is 24.5 Å². The number of hydrogen-bond acceptors (Lipinski definition) is 4. The fourth-order valence-electron chi connectivity index (χ4n) is 3.15. The van der Waals surface area contributed by atoms with E-state index in [1.165, 1.54) is 4.31 Å². The Balaban J connectivity index is 1.49. The molecule has 1 aliphatic rings. The van der Waals surface area contributed by atoms with Crippen molar-refractivity contribution < 1.29 is 13.2 Å². The minimum absolute atomic E-state index is 0.143. The lowest BCUT2D eigenvalue weighted by molar-refractivity contribution is 0.305. The number of rotatable bonds is 8. The number of likely N-dealkylation sites (N-methyl/N-ethyl adjacent to an activating group) is 1. The molecular weight excluding hydrogens is 360 g/mol. The standard InChI is InChI=1S/C21H26N2O3S/c1-17-7-6-10-21(15-17)27(24,25)23(2)19-12-11-18(16-19)22-13-14-26-20-8-4-3-5-9-20/h3-12,15,18-19,22H,13-14,16H2,1-2H3/t18-,19+/m0/s1. The van der Waals surface area contributed by atoms with Crippen molar-refractivity contribution in [2.45, 2.75) is 30.3 Å². The molecule has 0 spiro atoms. The number of benzene rings is 2. The molecule has 5 nitrogen and oxygen atoms in total. The van der Waals surface area contributed by atoms with Gasteiger partial charge in [0, 0.05) is 25.7 Å². The van der Waals surface area contributed by atoms with E-state index in [4.69, 9.17) is 4.74 Å². The third kappa shape index (κ3) is 4.97. The van der Waals surface area contributed by atoms with Crippen molar-refractivity contribution in [2.24, 2.45) is 0 Å². The van der Waals surface area contributed by atoms with Gasteiger partial charge in [-0.3, -0.25) is 0 Å². The average Bonchev–Trinajstić information content (AvgIpc) is 3.14. The molecule has 2 atom stereocenters. The Bertz CT molecular complexity index is 881. The van der Waals surface area contributed by atoms with Crippen LogP contribution in [0.5, 0.6) is 5.75 Å². The summed E-state index contributed by atoms with van der Waals surface area (Å²) >= 11 is 0. The Hall–Kier alpha value is -2.15. The lowest BCUT2D eigenvalue weighted by Crippen LogP contribution is -2.38. The monoisotopic (exact) mass is 386 g/mol. The van der Waals surface area contributed by atoms with Crippen molar-refractivity contribution >= 4 is 10.0 Å². The van der Waals surface area contributed by atoms with E-state index in [1.54, 1.807) is 25.2 Å². The zero-order chi connectivity index (χ0) is 19.3. The van der Waals surface area contributed by atoms with Gasteiger partial charge >= 0.3 is 0 Å². The second kappa shape index (κ2) is 8.69. The van der Waals surface area contributed by atoms with Crippen LogP contribution in [0.2, 0.25) is 0 Å². The fourth-order valence-corrected chi connectivity index (χ4v) is 4.58. The minimum Gasteiger partial charge on any atom is -0.492 e. The van der Waals surface area contributed by atoms with Gasteiger partial charge < -0.3 is 10.1 Å². The lowest BCUT2D eigenvalue weighted by atomic mass is 10.2. The Morgan fingerprint density at radius 3 is 2.63 bits per heavy atom. The van der Waals surface area contributed by atoms with Crippen molar-refractivity contribution in [3.63, 3.8) is 0 Å². The predicted molar refractivity (Wildman–Crippen MR) is 107 cm³/mol. The largest absolute Gasteiger partial charge is 0.492 e. The van der Waals surface area contributed by atoms with Crippen molar-refractivity contribution in [3.8, 4) is 5.75 Å². The van der Waals surface area contributed by atoms with E-state index in [9.17, 15) is 8.42 Å². The Morgan fingerprint density at radius 2 is 1.89 bits per heavy atom. The highest BCUT2D eigenvalue weighted by molar-refractivity contribution is 7.89. The molecule has 6 heteroatoms. The third-order valence-electron chi connectivity index (χ3n) is 4.72. The van der Waals surface area contributed by atoms with Crippen molar-refractivity contribution in [3.05, 3.63) is 72.3 Å². The number of hydrogen-bond donors (Lipinski definition) is 1. The molecule has 0 radical (unpaired) electrons. The molecule has 0 unspecified atom stereocenters. The molecule has 2 aromatic rings. The van der Waals surface area contributed by atoms with Crippen LogP contribution < -0.4 is 10.1 Å². The topological polar surface area (TPSA) is 58.6 Å². The Labute approximate surface area is 161 Å². The molecule has 0 fully saturated rings. The number of ether oxygens (including phenoxy) is 1. The molecule has 144 valence electrons. The molecule has 0 aromatic heterocycles. The fraction of sp³-hybridized carbons (Fsp3) is 0.333. The van der Waals surface area contributed by atoms with E-state index in [1.807, 2.05) is 55.5 Å². The summed E-state index contributed by atoms with van der Waals surface area (Å²) in [6, 6.07) is 16.7. The van der Waals surface area contributed by atoms with Gasteiger partial charge in [-0.15, -0.1) is 0 Å². The van der Waals surface area contributed by atoms with Crippen LogP contribution in [0.15, 0.2) is 71.6 Å². The van der Waals surface area contributed by atoms with Crippen LogP contribution in [0.25, 0.3) is 0 Å². The first-order valence-electron chi connectivity index (χ1n) is 9.11. The molecule has 0 amide bonds. The molecular formula is C21H26N2O3S. The molecule has 3 rings (SSSR count). The van der Waals surface area contributed by atoms with Crippen LogP contribution in [0.1, 0.15) is 12.0 Å². The summed E-state index contributed by atoms with van der Waals surface area (Å²) < 4.78 is 32.8. The molecule has 2 aromatic carbocycles. The van der Waals surface area contributed by atoms with E-state index in [0.717, 1.165) is 11.3 Å². The van der Waals surface area contributed by atoms with Gasteiger partial charge in [0.25, 0.3) is 0 Å². The normalized spacial score (nSPS) is 19.5. The molecule has 27 heavy (non-hydrogen) atoms. The Kier molecular flexibility index (Phi) is 6.31. The molecule has 0 saturated heterocycles. The van der Waals surface area contributed by atoms with Crippen molar-refractivity contribution in [1.82, 2.24) is 9.62 Å². The summed E-state index contributed by atoms with van der Waals surface area (Å²) in [4.78, 5) is 0.339. The second-order valence-electron chi connectivity index (χ2n) is 6.75. The first-order chi connectivity index (χ1) is 13.0. The quantitative estimate of drug-likeness (QED) is 0.560. The zero-order valence-electron chi connectivity index (χ0n) is 15.7. The van der Waals surface area contributed by atoms with Gasteiger partial charge in [-0.1, -0.05) is 42.5 Å². The first kappa shape index (κ1) is 19.6. The highest BCUT2D eigenvalue weighted by Gasteiger charge is 2.30. The van der Waals surface area contributed by atoms with Gasteiger partial charge in [0.05, 0.1) is 4.90 Å². The smallest absolute Gasteiger partial charge is 0.243 e. The van der Waals surface area contributed by atoms with Crippen LogP contribution in [0.3, 0.4) is 0 Å². The Morgan fingerprint density at radius 1 is 1.11 bits per heavy atom. The lowest BCUT2D eigenvalue weighted by Gasteiger charge is -2.24. The maximum atomic E-state index is 12.8. The van der Waals surface area contributed by atoms with Crippen molar-refractivity contribution in [2.75, 3.05) is 20.2 Å². The molecule has 0 heterocycles. The number of nitrogens with zero attached hydrogens (tertiary/aromatic N) is 1. The van der Waals surface area contributed by atoms with Gasteiger partial charge in [0.15, 0.2) is 0 Å². The molecule has 0 bridgehead atoms. The number of aryl methyl sites for hydroxylation is 1. The number of nitrogens with one attached hydrogen (secondary N) is 1. The SMILES string of the molecule is Cc1cccc(S(=O)(=O)N(C)[C@@H]2C=C[C@H](NCCOc3ccccc3)C2)c1. The number of para-hydroxylation sites is 1. The summed E-state index contributed by atoms with van der Waals surface area (Å²) in [5.74, 6) is 0.850. The van der Waals surface area contributed by atoms with Crippen LogP contribution in [-0.4, -0.2) is 45.0 Å². The minimum atomic E-state index is -3.50. The summed E-state index contributed by atoms with van der Waals surface area (Å²) in [6.07, 6.45) is 4.71. The van der Waals surface area contributed by atoms with Gasteiger partial charge in [0.2, 0.25) is 10.0 Å². The zero-order valence-corrected chi connectivity index (χ0v) is 16.5. The summed E-state index contributed by atoms with van der Waals surface area (Å²) in [5, 5.41) is 3.40. The van der Waals surface area contributed by atoms with Gasteiger partial charge in [-0.25, -0.2) is 8.42 Å². The second-order valence-corrected chi connectivity index (χ2v) is 8.75. The van der Waals surface area contributed by atoms with Gasteiger partial charge in [-0.2, -0.15) is 4.31 Å². The molecule has 0 aliphatic heterocycles. The van der Waals surface area contributed by atoms with Crippen LogP contribution in [0.4, 0.5) is 0 Å². The van der Waals surface area contributed by atoms with E-state index in [-0.39, 0.29) is 12.1 Å². The summed E-state index contributed by atoms with van der Waals surface area (Å²) in [7, 11) is -1.85. The van der Waals surface area contributed by atoms with Crippen LogP contribution >= 0.6 is 0 Å². The first-order valence-corrected chi connectivity index (χ1v) is 10.5. The third-order valence-corrected chi connectivity index (χ3v) is 6.59. The maximum absolute atomic E-state index is 12.8. The van der Waals surface area contributed by atoms with Crippen LogP contribution in [-0.2, 0) is 10.0 Å². The molecule has 1 aliphatic carbocycles. The van der Waals surface area contributed by atoms with Crippen LogP contribution in [0, 0.1) is 6.92 Å². The molecule has 0 saturated carbocycles. The highest BCUT2D eigenvalue weighted by atomic mass is 32.2. The van der Waals surface area contributed by atoms with Gasteiger partial charge in [0.1, 0.15) is 12.4 Å². The summed E-state index contributed by atoms with van der Waals surface area (Å²) in [6.45, 7) is 3.16. The highest BCUT2D eigenvalue weighted by Crippen LogP contribution is 2.23. The van der Waals surface area contributed by atoms with E-state index < -0.39 is 10.0 Å². The van der Waals surface area contributed by atoms with Gasteiger partial charge in [-0.05, 0) is 43.2 Å².